The number of aromatic nitrogens is 1. The number of unbranched alkanes of at least 4 members (excludes halogenated alkanes) is 1. The van der Waals surface area contributed by atoms with Crippen molar-refractivity contribution in [1.29, 1.82) is 0 Å². The highest BCUT2D eigenvalue weighted by Crippen LogP contribution is 2.21. The van der Waals surface area contributed by atoms with E-state index >= 15 is 0 Å². The average Bonchev–Trinajstić information content (AvgIpc) is 2.82. The van der Waals surface area contributed by atoms with Crippen LogP contribution in [-0.4, -0.2) is 38.4 Å². The van der Waals surface area contributed by atoms with E-state index in [9.17, 15) is 21.4 Å². The molecule has 0 atom stereocenters. The summed E-state index contributed by atoms with van der Waals surface area (Å²) in [6.07, 6.45) is 4.54. The van der Waals surface area contributed by atoms with E-state index in [-0.39, 0.29) is 12.3 Å². The van der Waals surface area contributed by atoms with Gasteiger partial charge in [-0.25, -0.2) is 21.6 Å². The van der Waals surface area contributed by atoms with Crippen molar-refractivity contribution < 1.29 is 21.4 Å². The minimum Gasteiger partial charge on any atom is -0.748 e. The van der Waals surface area contributed by atoms with Gasteiger partial charge in [-0.3, -0.25) is 0 Å². The van der Waals surface area contributed by atoms with E-state index in [0.29, 0.717) is 19.3 Å². The second kappa shape index (κ2) is 7.00. The molecule has 2 N–H and O–H groups in total. The predicted molar refractivity (Wildman–Crippen MR) is 87.5 cm³/mol. The Bertz CT molecular complexity index is 885. The Morgan fingerprint density at radius 1 is 1.17 bits per heavy atom. The van der Waals surface area contributed by atoms with Crippen LogP contribution in [0.4, 0.5) is 0 Å². The van der Waals surface area contributed by atoms with E-state index in [4.69, 9.17) is 0 Å². The molecule has 7 nitrogen and oxygen atoms in total. The topological polar surface area (TPSA) is 119 Å². The molecule has 0 saturated heterocycles. The van der Waals surface area contributed by atoms with Gasteiger partial charge in [-0.2, -0.15) is 0 Å². The van der Waals surface area contributed by atoms with Crippen LogP contribution >= 0.6 is 0 Å². The van der Waals surface area contributed by atoms with Gasteiger partial charge in [0.05, 0.1) is 16.4 Å². The normalized spacial score (nSPS) is 12.8. The highest BCUT2D eigenvalue weighted by Gasteiger charge is 2.07. The van der Waals surface area contributed by atoms with Gasteiger partial charge in [0, 0.05) is 29.4 Å². The van der Waals surface area contributed by atoms with Gasteiger partial charge in [-0.05, 0) is 42.5 Å². The number of rotatable bonds is 8. The first-order chi connectivity index (χ1) is 10.6. The molecule has 0 amide bonds. The Morgan fingerprint density at radius 2 is 1.91 bits per heavy atom. The highest BCUT2D eigenvalue weighted by atomic mass is 32.2. The van der Waals surface area contributed by atoms with Crippen LogP contribution in [-0.2, 0) is 33.1 Å². The van der Waals surface area contributed by atoms with Crippen LogP contribution < -0.4 is 4.72 Å². The Hall–Kier alpha value is -1.42. The fraction of sp³-hybridized carbons (Fsp3) is 0.429. The summed E-state index contributed by atoms with van der Waals surface area (Å²) in [5.41, 5.74) is 2.79. The molecule has 0 radical (unpaired) electrons. The summed E-state index contributed by atoms with van der Waals surface area (Å²) in [5, 5.41) is 0.975. The van der Waals surface area contributed by atoms with E-state index in [1.807, 2.05) is 24.4 Å². The molecule has 0 aliphatic heterocycles. The van der Waals surface area contributed by atoms with Gasteiger partial charge in [-0.1, -0.05) is 6.07 Å². The lowest BCUT2D eigenvalue weighted by Crippen LogP contribution is -2.21. The molecule has 0 unspecified atom stereocenters. The van der Waals surface area contributed by atoms with Crippen molar-refractivity contribution in [2.75, 3.05) is 12.0 Å². The molecule has 1 aromatic heterocycles. The number of nitrogens with one attached hydrogen (secondary N) is 2. The number of sulfonamides is 1. The molecule has 0 fully saturated rings. The zero-order chi connectivity index (χ0) is 17.1. The number of hydrogen-bond acceptors (Lipinski definition) is 5. The van der Waals surface area contributed by atoms with Crippen LogP contribution in [0.25, 0.3) is 10.9 Å². The first kappa shape index (κ1) is 17.9. The van der Waals surface area contributed by atoms with E-state index in [0.717, 1.165) is 28.3 Å². The lowest BCUT2D eigenvalue weighted by atomic mass is 10.1. The molecule has 0 aliphatic carbocycles. The Morgan fingerprint density at radius 3 is 2.57 bits per heavy atom. The number of H-pyrrole nitrogens is 1. The maximum Gasteiger partial charge on any atom is 0.209 e. The van der Waals surface area contributed by atoms with Gasteiger partial charge in [0.2, 0.25) is 10.0 Å². The molecular weight excluding hydrogens is 340 g/mol. The largest absolute Gasteiger partial charge is 0.748 e. The summed E-state index contributed by atoms with van der Waals surface area (Å²) in [6.45, 7) is 0.216. The third kappa shape index (κ3) is 5.94. The van der Waals surface area contributed by atoms with Crippen molar-refractivity contribution in [3.05, 3.63) is 35.5 Å². The maximum atomic E-state index is 11.1. The standard InChI is InChI=1S/C14H20N2O5S2/c1-22(17,18)16-9-11-5-6-14-13(8-11)12(10-15-14)4-2-3-7-23(19,20)21/h5-6,8,10,15-16H,2-4,7,9H2,1H3,(H,19,20,21)/p-1. The smallest absolute Gasteiger partial charge is 0.209 e. The highest BCUT2D eigenvalue weighted by molar-refractivity contribution is 7.88. The molecular formula is C14H19N2O5S2-. The van der Waals surface area contributed by atoms with Crippen molar-refractivity contribution in [3.63, 3.8) is 0 Å². The summed E-state index contributed by atoms with van der Waals surface area (Å²) < 4.78 is 56.5. The first-order valence-corrected chi connectivity index (χ1v) is 10.6. The number of benzene rings is 1. The fourth-order valence-electron chi connectivity index (χ4n) is 2.35. The minimum atomic E-state index is -4.16. The third-order valence-electron chi connectivity index (χ3n) is 3.46. The summed E-state index contributed by atoms with van der Waals surface area (Å²) in [4.78, 5) is 3.13. The van der Waals surface area contributed by atoms with Gasteiger partial charge in [0.15, 0.2) is 0 Å². The summed E-state index contributed by atoms with van der Waals surface area (Å²) in [6, 6.07) is 5.62. The molecule has 2 aromatic rings. The Kier molecular flexibility index (Phi) is 5.45. The van der Waals surface area contributed by atoms with Gasteiger partial charge in [-0.15, -0.1) is 0 Å². The van der Waals surface area contributed by atoms with E-state index in [2.05, 4.69) is 9.71 Å². The van der Waals surface area contributed by atoms with Crippen molar-refractivity contribution in [2.45, 2.75) is 25.8 Å². The van der Waals surface area contributed by atoms with Crippen LogP contribution in [0.1, 0.15) is 24.0 Å². The van der Waals surface area contributed by atoms with Crippen molar-refractivity contribution >= 4 is 31.0 Å². The predicted octanol–water partition coefficient (Wildman–Crippen LogP) is 1.08. The summed E-state index contributed by atoms with van der Waals surface area (Å²) in [7, 11) is -7.41. The lowest BCUT2D eigenvalue weighted by Gasteiger charge is -2.06. The first-order valence-electron chi connectivity index (χ1n) is 7.11. The van der Waals surface area contributed by atoms with Crippen molar-refractivity contribution in [2.24, 2.45) is 0 Å². The van der Waals surface area contributed by atoms with E-state index in [1.54, 1.807) is 0 Å². The average molecular weight is 359 g/mol. The lowest BCUT2D eigenvalue weighted by molar-refractivity contribution is 0.460. The minimum absolute atomic E-state index is 0.216. The third-order valence-corrected chi connectivity index (χ3v) is 4.92. The molecule has 23 heavy (non-hydrogen) atoms. The number of hydrogen-bond donors (Lipinski definition) is 2. The van der Waals surface area contributed by atoms with E-state index < -0.39 is 20.1 Å². The Balaban J connectivity index is 2.06. The molecule has 0 aliphatic rings. The van der Waals surface area contributed by atoms with Crippen molar-refractivity contribution in [1.82, 2.24) is 9.71 Å². The second-order valence-corrected chi connectivity index (χ2v) is 8.86. The summed E-state index contributed by atoms with van der Waals surface area (Å²) in [5.74, 6) is -0.348. The van der Waals surface area contributed by atoms with Crippen LogP contribution in [0.2, 0.25) is 0 Å². The maximum absolute atomic E-state index is 11.1. The Labute approximate surface area is 135 Å². The zero-order valence-corrected chi connectivity index (χ0v) is 14.3. The molecule has 2 rings (SSSR count). The van der Waals surface area contributed by atoms with Crippen LogP contribution in [0.5, 0.6) is 0 Å². The van der Waals surface area contributed by atoms with Gasteiger partial charge >= 0.3 is 0 Å². The molecule has 0 saturated carbocycles. The van der Waals surface area contributed by atoms with Crippen molar-refractivity contribution in [3.8, 4) is 0 Å². The fourth-order valence-corrected chi connectivity index (χ4v) is 3.34. The van der Waals surface area contributed by atoms with Gasteiger partial charge in [0.1, 0.15) is 0 Å². The molecule has 1 heterocycles. The van der Waals surface area contributed by atoms with Gasteiger partial charge in [0.25, 0.3) is 0 Å². The van der Waals surface area contributed by atoms with Crippen LogP contribution in [0.3, 0.4) is 0 Å². The SMILES string of the molecule is CS(=O)(=O)NCc1ccc2[nH]cc(CCCCS(=O)(=O)[O-])c2c1. The molecule has 9 heteroatoms. The van der Waals surface area contributed by atoms with Crippen LogP contribution in [0.15, 0.2) is 24.4 Å². The van der Waals surface area contributed by atoms with E-state index in [1.165, 1.54) is 0 Å². The second-order valence-electron chi connectivity index (χ2n) is 5.51. The number of aromatic amines is 1. The quantitative estimate of drug-likeness (QED) is 0.540. The molecule has 1 aromatic carbocycles. The van der Waals surface area contributed by atoms with Gasteiger partial charge < -0.3 is 9.54 Å². The molecule has 0 spiro atoms. The summed E-state index contributed by atoms with van der Waals surface area (Å²) >= 11 is 0. The number of fused-ring (bicyclic) bond motifs is 1. The number of aryl methyl sites for hydroxylation is 1. The zero-order valence-electron chi connectivity index (χ0n) is 12.7. The van der Waals surface area contributed by atoms with Crippen LogP contribution in [0, 0.1) is 0 Å². The molecule has 128 valence electrons. The molecule has 0 bridgehead atoms. The monoisotopic (exact) mass is 359 g/mol.